The lowest BCUT2D eigenvalue weighted by Crippen LogP contribution is -2.26. The third-order valence-electron chi connectivity index (χ3n) is 4.24. The van der Waals surface area contributed by atoms with Gasteiger partial charge in [0.05, 0.1) is 17.7 Å². The lowest BCUT2D eigenvalue weighted by Gasteiger charge is -2.23. The van der Waals surface area contributed by atoms with Crippen LogP contribution in [0.1, 0.15) is 48.9 Å². The summed E-state index contributed by atoms with van der Waals surface area (Å²) in [5.74, 6) is -4.18. The molecule has 1 aromatic heterocycles. The summed E-state index contributed by atoms with van der Waals surface area (Å²) < 4.78 is 30.4. The van der Waals surface area contributed by atoms with Crippen molar-refractivity contribution in [2.45, 2.75) is 43.6 Å². The molecule has 4 nitrogen and oxygen atoms in total. The van der Waals surface area contributed by atoms with Crippen molar-refractivity contribution in [2.24, 2.45) is 0 Å². The molecule has 2 N–H and O–H groups in total. The van der Waals surface area contributed by atoms with Gasteiger partial charge in [0.2, 0.25) is 0 Å². The van der Waals surface area contributed by atoms with Crippen molar-refractivity contribution in [3.05, 3.63) is 34.0 Å². The van der Waals surface area contributed by atoms with E-state index in [-0.39, 0.29) is 23.1 Å². The summed E-state index contributed by atoms with van der Waals surface area (Å²) in [6.07, 6.45) is 7.72. The number of nitrogen functional groups attached to an aromatic ring is 1. The molecule has 1 atom stereocenters. The second-order valence-corrected chi connectivity index (χ2v) is 6.60. The van der Waals surface area contributed by atoms with Gasteiger partial charge in [0.1, 0.15) is 17.5 Å². The molecule has 22 heavy (non-hydrogen) atoms. The van der Waals surface area contributed by atoms with Crippen molar-refractivity contribution < 1.29 is 8.78 Å². The maximum Gasteiger partial charge on any atom is 0.279 e. The largest absolute Gasteiger partial charge is 0.383 e. The molecule has 0 spiro atoms. The first-order valence-corrected chi connectivity index (χ1v) is 7.95. The molecule has 0 aromatic carbocycles. The van der Waals surface area contributed by atoms with Crippen molar-refractivity contribution in [1.82, 2.24) is 9.78 Å². The normalized spacial score (nSPS) is 24.3. The Labute approximate surface area is 135 Å². The molecule has 1 aromatic rings. The van der Waals surface area contributed by atoms with Gasteiger partial charge in [0, 0.05) is 4.48 Å². The maximum atomic E-state index is 14.3. The second-order valence-electron chi connectivity index (χ2n) is 5.68. The number of rotatable bonds is 2. The number of hydrogen-bond donors (Lipinski definition) is 1. The molecule has 0 aliphatic heterocycles. The van der Waals surface area contributed by atoms with E-state index < -0.39 is 11.8 Å². The average molecular weight is 369 g/mol. The molecule has 1 fully saturated rings. The van der Waals surface area contributed by atoms with Crippen molar-refractivity contribution in [2.75, 3.05) is 5.73 Å². The fourth-order valence-corrected chi connectivity index (χ4v) is 3.59. The van der Waals surface area contributed by atoms with Gasteiger partial charge in [0.15, 0.2) is 0 Å². The number of aromatic nitrogens is 2. The average Bonchev–Trinajstić information content (AvgIpc) is 3.05. The van der Waals surface area contributed by atoms with E-state index in [0.29, 0.717) is 4.48 Å². The fraction of sp³-hybridized carbons (Fsp3) is 0.467. The number of anilines is 1. The van der Waals surface area contributed by atoms with Crippen LogP contribution in [-0.4, -0.2) is 15.7 Å². The summed E-state index contributed by atoms with van der Waals surface area (Å²) in [5.41, 5.74) is 6.12. The van der Waals surface area contributed by atoms with Crippen molar-refractivity contribution in [3.8, 4) is 6.07 Å². The van der Waals surface area contributed by atoms with Gasteiger partial charge in [-0.2, -0.15) is 10.4 Å². The first-order chi connectivity index (χ1) is 10.4. The van der Waals surface area contributed by atoms with E-state index in [4.69, 9.17) is 5.73 Å². The molecule has 2 aliphatic rings. The Bertz CT molecular complexity index is 693. The van der Waals surface area contributed by atoms with Gasteiger partial charge in [-0.1, -0.05) is 40.9 Å². The molecule has 0 bridgehead atoms. The van der Waals surface area contributed by atoms with Crippen LogP contribution in [-0.2, 0) is 0 Å². The van der Waals surface area contributed by atoms with Gasteiger partial charge in [-0.05, 0) is 18.9 Å². The Kier molecular flexibility index (Phi) is 3.81. The van der Waals surface area contributed by atoms with E-state index in [2.05, 4.69) is 21.0 Å². The van der Waals surface area contributed by atoms with Crippen molar-refractivity contribution >= 4 is 21.7 Å². The van der Waals surface area contributed by atoms with Crippen LogP contribution in [0.15, 0.2) is 22.7 Å². The van der Waals surface area contributed by atoms with Gasteiger partial charge in [0.25, 0.3) is 5.92 Å². The standard InChI is InChI=1S/C15H15BrF2N4/c16-9-5-6-12(15(17,18)7-9)13-11(8-19)14(20)22(21-13)10-3-1-2-4-10/h5-7,10,12H,1-4,20H2. The zero-order chi connectivity index (χ0) is 15.9. The number of hydrogen-bond acceptors (Lipinski definition) is 3. The fourth-order valence-electron chi connectivity index (χ4n) is 3.14. The number of halogens is 3. The number of allylic oxidation sites excluding steroid dienone is 4. The maximum absolute atomic E-state index is 14.3. The van der Waals surface area contributed by atoms with Crippen molar-refractivity contribution in [1.29, 1.82) is 5.26 Å². The molecule has 0 amide bonds. The predicted octanol–water partition coefficient (Wildman–Crippen LogP) is 4.02. The molecule has 0 radical (unpaired) electrons. The minimum atomic E-state index is -3.11. The van der Waals surface area contributed by atoms with Gasteiger partial charge < -0.3 is 5.73 Å². The Morgan fingerprint density at radius 2 is 2.09 bits per heavy atom. The lowest BCUT2D eigenvalue weighted by atomic mass is 9.91. The highest BCUT2D eigenvalue weighted by Gasteiger charge is 2.43. The van der Waals surface area contributed by atoms with E-state index in [0.717, 1.165) is 31.8 Å². The highest BCUT2D eigenvalue weighted by atomic mass is 79.9. The summed E-state index contributed by atoms with van der Waals surface area (Å²) in [5, 5.41) is 13.6. The molecule has 2 aliphatic carbocycles. The monoisotopic (exact) mass is 368 g/mol. The third-order valence-corrected chi connectivity index (χ3v) is 4.74. The quantitative estimate of drug-likeness (QED) is 0.856. The number of nitriles is 1. The van der Waals surface area contributed by atoms with Crippen LogP contribution in [0.25, 0.3) is 0 Å². The Morgan fingerprint density at radius 3 is 2.68 bits per heavy atom. The Hall–Kier alpha value is -1.68. The highest BCUT2D eigenvalue weighted by molar-refractivity contribution is 9.11. The lowest BCUT2D eigenvalue weighted by molar-refractivity contribution is 0.0363. The summed E-state index contributed by atoms with van der Waals surface area (Å²) in [6.45, 7) is 0. The molecular weight excluding hydrogens is 354 g/mol. The smallest absolute Gasteiger partial charge is 0.279 e. The van der Waals surface area contributed by atoms with E-state index in [1.165, 1.54) is 6.08 Å². The molecule has 116 valence electrons. The van der Waals surface area contributed by atoms with Gasteiger partial charge in [-0.15, -0.1) is 0 Å². The predicted molar refractivity (Wildman–Crippen MR) is 82.7 cm³/mol. The van der Waals surface area contributed by atoms with Gasteiger partial charge in [-0.25, -0.2) is 13.5 Å². The van der Waals surface area contributed by atoms with E-state index in [1.807, 2.05) is 6.07 Å². The first-order valence-electron chi connectivity index (χ1n) is 7.16. The molecule has 1 heterocycles. The van der Waals surface area contributed by atoms with E-state index >= 15 is 0 Å². The highest BCUT2D eigenvalue weighted by Crippen LogP contribution is 2.43. The van der Waals surface area contributed by atoms with Crippen LogP contribution in [0.2, 0.25) is 0 Å². The summed E-state index contributed by atoms with van der Waals surface area (Å²) in [7, 11) is 0. The third kappa shape index (κ3) is 2.45. The number of alkyl halides is 2. The minimum Gasteiger partial charge on any atom is -0.383 e. The topological polar surface area (TPSA) is 67.6 Å². The zero-order valence-corrected chi connectivity index (χ0v) is 13.4. The van der Waals surface area contributed by atoms with Gasteiger partial charge in [-0.3, -0.25) is 0 Å². The molecule has 1 saturated carbocycles. The molecule has 0 saturated heterocycles. The second kappa shape index (κ2) is 5.51. The summed E-state index contributed by atoms with van der Waals surface area (Å²) >= 11 is 3.05. The van der Waals surface area contributed by atoms with Crippen LogP contribution in [0.4, 0.5) is 14.6 Å². The molecule has 1 unspecified atom stereocenters. The van der Waals surface area contributed by atoms with Crippen LogP contribution in [0.5, 0.6) is 0 Å². The number of nitrogens with zero attached hydrogens (tertiary/aromatic N) is 3. The molecule has 7 heteroatoms. The van der Waals surface area contributed by atoms with Gasteiger partial charge >= 0.3 is 0 Å². The van der Waals surface area contributed by atoms with Crippen LogP contribution < -0.4 is 5.73 Å². The number of nitrogens with two attached hydrogens (primary N) is 1. The first kappa shape index (κ1) is 15.2. The van der Waals surface area contributed by atoms with Crippen LogP contribution >= 0.6 is 15.9 Å². The zero-order valence-electron chi connectivity index (χ0n) is 11.8. The van der Waals surface area contributed by atoms with Crippen molar-refractivity contribution in [3.63, 3.8) is 0 Å². The Morgan fingerprint density at radius 1 is 1.41 bits per heavy atom. The molecular formula is C15H15BrF2N4. The summed E-state index contributed by atoms with van der Waals surface area (Å²) in [6, 6.07) is 2.05. The minimum absolute atomic E-state index is 0.0596. The van der Waals surface area contributed by atoms with E-state index in [9.17, 15) is 14.0 Å². The summed E-state index contributed by atoms with van der Waals surface area (Å²) in [4.78, 5) is 0. The van der Waals surface area contributed by atoms with E-state index in [1.54, 1.807) is 10.8 Å². The molecule has 3 rings (SSSR count). The SMILES string of the molecule is N#Cc1c(C2C=CC(Br)=CC2(F)F)nn(C2CCCC2)c1N. The van der Waals surface area contributed by atoms with Crippen LogP contribution in [0, 0.1) is 11.3 Å². The Balaban J connectivity index is 2.06. The van der Waals surface area contributed by atoms with Crippen LogP contribution in [0.3, 0.4) is 0 Å².